The predicted molar refractivity (Wildman–Crippen MR) is 55.9 cm³/mol. The monoisotopic (exact) mass is 297 g/mol. The van der Waals surface area contributed by atoms with Gasteiger partial charge in [0.15, 0.2) is 0 Å². The molecule has 0 aliphatic heterocycles. The van der Waals surface area contributed by atoms with Gasteiger partial charge in [0.05, 0.1) is 0 Å². The van der Waals surface area contributed by atoms with Crippen molar-refractivity contribution in [3.63, 3.8) is 0 Å². The molecule has 0 amide bonds. The summed E-state index contributed by atoms with van der Waals surface area (Å²) in [5, 5.41) is -0.736. The van der Waals surface area contributed by atoms with E-state index in [1.54, 1.807) is 0 Å². The fraction of sp³-hybridized carbons (Fsp3) is 0.222. The first kappa shape index (κ1) is 10.9. The average Bonchev–Trinajstić information content (AvgIpc) is 2.56. The van der Waals surface area contributed by atoms with Gasteiger partial charge < -0.3 is 0 Å². The van der Waals surface area contributed by atoms with E-state index in [1.165, 1.54) is 11.3 Å². The number of rotatable bonds is 2. The zero-order valence-corrected chi connectivity index (χ0v) is 9.94. The molecule has 0 atom stereocenters. The molecule has 80 valence electrons. The van der Waals surface area contributed by atoms with Crippen LogP contribution in [0.4, 0.5) is 13.2 Å². The molecule has 0 aliphatic carbocycles. The normalized spacial score (nSPS) is 12.2. The molecule has 0 saturated heterocycles. The number of aromatic nitrogens is 1. The van der Waals surface area contributed by atoms with Gasteiger partial charge in [-0.25, -0.2) is 0 Å². The summed E-state index contributed by atoms with van der Waals surface area (Å²) in [5.74, 6) is 0. The van der Waals surface area contributed by atoms with Crippen molar-refractivity contribution in [1.82, 2.24) is 4.98 Å². The SMILES string of the molecule is FC(F)(F)C[Se]c1nc2ccccc2s1. The van der Waals surface area contributed by atoms with Gasteiger partial charge in [0, 0.05) is 0 Å². The average molecular weight is 296 g/mol. The maximum absolute atomic E-state index is 12.0. The van der Waals surface area contributed by atoms with Gasteiger partial charge in [0.25, 0.3) is 0 Å². The van der Waals surface area contributed by atoms with Gasteiger partial charge in [-0.2, -0.15) is 0 Å². The number of nitrogens with zero attached hydrogens (tertiary/aromatic N) is 1. The molecule has 0 saturated carbocycles. The van der Waals surface area contributed by atoms with E-state index in [9.17, 15) is 13.2 Å². The van der Waals surface area contributed by atoms with Crippen LogP contribution >= 0.6 is 11.3 Å². The number of fused-ring (bicyclic) bond motifs is 1. The van der Waals surface area contributed by atoms with E-state index in [-0.39, 0.29) is 0 Å². The second-order valence-electron chi connectivity index (χ2n) is 2.85. The van der Waals surface area contributed by atoms with E-state index < -0.39 is 26.5 Å². The molecule has 6 heteroatoms. The Morgan fingerprint density at radius 1 is 1.27 bits per heavy atom. The second-order valence-corrected chi connectivity index (χ2v) is 6.49. The first-order valence-corrected chi connectivity index (χ1v) is 6.98. The number of alkyl halides is 3. The Labute approximate surface area is 94.5 Å². The standard InChI is InChI=1S/C9H6F3NSSe/c10-9(11,12)5-15-8-13-6-3-1-2-4-7(6)14-8/h1-4H,5H2. The Bertz CT molecular complexity index is 433. The molecular weight excluding hydrogens is 290 g/mol. The third-order valence-corrected chi connectivity index (χ3v) is 5.30. The first-order chi connectivity index (χ1) is 7.04. The Morgan fingerprint density at radius 3 is 2.67 bits per heavy atom. The summed E-state index contributed by atoms with van der Waals surface area (Å²) in [6.07, 6.45) is -4.07. The molecule has 0 unspecified atom stereocenters. The molecule has 15 heavy (non-hydrogen) atoms. The number of hydrogen-bond donors (Lipinski definition) is 0. The summed E-state index contributed by atoms with van der Waals surface area (Å²) < 4.78 is 37.5. The quantitative estimate of drug-likeness (QED) is 0.776. The van der Waals surface area contributed by atoms with Crippen molar-refractivity contribution in [2.45, 2.75) is 11.5 Å². The fourth-order valence-corrected chi connectivity index (χ4v) is 4.00. The predicted octanol–water partition coefficient (Wildman–Crippen LogP) is 2.61. The number of benzene rings is 1. The summed E-state index contributed by atoms with van der Waals surface area (Å²) in [6.45, 7) is 0. The number of para-hydroxylation sites is 1. The van der Waals surface area contributed by atoms with E-state index in [4.69, 9.17) is 0 Å². The Kier molecular flexibility index (Phi) is 3.00. The second kappa shape index (κ2) is 4.12. The Balaban J connectivity index is 2.16. The van der Waals surface area contributed by atoms with Gasteiger partial charge >= 0.3 is 94.3 Å². The van der Waals surface area contributed by atoms with Crippen LogP contribution in [0.2, 0.25) is 5.32 Å². The number of halogens is 3. The molecule has 1 aromatic heterocycles. The summed E-state index contributed by atoms with van der Waals surface area (Å²) in [5.41, 5.74) is 0.793. The van der Waals surface area contributed by atoms with Crippen LogP contribution in [0.1, 0.15) is 0 Å². The topological polar surface area (TPSA) is 12.9 Å². The van der Waals surface area contributed by atoms with Crippen molar-refractivity contribution in [1.29, 1.82) is 0 Å². The van der Waals surface area contributed by atoms with Crippen molar-refractivity contribution in [3.8, 4) is 0 Å². The van der Waals surface area contributed by atoms with Gasteiger partial charge in [-0.15, -0.1) is 0 Å². The number of thiazole rings is 1. The van der Waals surface area contributed by atoms with Crippen molar-refractivity contribution < 1.29 is 13.2 Å². The summed E-state index contributed by atoms with van der Waals surface area (Å²) in [7, 11) is 0. The summed E-state index contributed by atoms with van der Waals surface area (Å²) in [4.78, 5) is 4.16. The molecule has 1 heterocycles. The van der Waals surface area contributed by atoms with Crippen LogP contribution < -0.4 is 3.91 Å². The third kappa shape index (κ3) is 2.93. The molecule has 0 fully saturated rings. The Hall–Kier alpha value is -0.581. The van der Waals surface area contributed by atoms with Crippen LogP contribution in [0.5, 0.6) is 0 Å². The first-order valence-electron chi connectivity index (χ1n) is 4.10. The summed E-state index contributed by atoms with van der Waals surface area (Å²) in [6, 6.07) is 7.39. The van der Waals surface area contributed by atoms with Gasteiger partial charge in [-0.05, 0) is 0 Å². The molecule has 1 nitrogen and oxygen atoms in total. The zero-order chi connectivity index (χ0) is 10.9. The van der Waals surface area contributed by atoms with Crippen molar-refractivity contribution in [3.05, 3.63) is 24.3 Å². The van der Waals surface area contributed by atoms with E-state index in [0.29, 0.717) is 3.91 Å². The van der Waals surface area contributed by atoms with Gasteiger partial charge in [0.1, 0.15) is 0 Å². The molecule has 1 aromatic carbocycles. The minimum atomic E-state index is -4.07. The molecule has 2 rings (SSSR count). The molecule has 0 aliphatic rings. The van der Waals surface area contributed by atoms with E-state index >= 15 is 0 Å². The van der Waals surface area contributed by atoms with Gasteiger partial charge in [-0.1, -0.05) is 0 Å². The zero-order valence-electron chi connectivity index (χ0n) is 7.41. The van der Waals surface area contributed by atoms with Crippen LogP contribution in [0.15, 0.2) is 24.3 Å². The summed E-state index contributed by atoms with van der Waals surface area (Å²) >= 11 is 0.759. The van der Waals surface area contributed by atoms with E-state index in [0.717, 1.165) is 10.2 Å². The maximum atomic E-state index is 12.0. The third-order valence-electron chi connectivity index (χ3n) is 1.63. The van der Waals surface area contributed by atoms with Crippen LogP contribution in [0.3, 0.4) is 0 Å². The number of hydrogen-bond acceptors (Lipinski definition) is 2. The van der Waals surface area contributed by atoms with E-state index in [2.05, 4.69) is 4.98 Å². The molecule has 0 N–H and O–H groups in total. The van der Waals surface area contributed by atoms with Crippen molar-refractivity contribution >= 4 is 40.4 Å². The van der Waals surface area contributed by atoms with E-state index in [1.807, 2.05) is 24.3 Å². The minimum absolute atomic E-state index is 0.595. The van der Waals surface area contributed by atoms with Crippen LogP contribution in [-0.2, 0) is 0 Å². The molecule has 0 bridgehead atoms. The van der Waals surface area contributed by atoms with Gasteiger partial charge in [0.2, 0.25) is 0 Å². The molecule has 0 radical (unpaired) electrons. The van der Waals surface area contributed by atoms with Crippen LogP contribution in [0, 0.1) is 0 Å². The fourth-order valence-electron chi connectivity index (χ4n) is 1.06. The van der Waals surface area contributed by atoms with Crippen molar-refractivity contribution in [2.75, 3.05) is 0 Å². The Morgan fingerprint density at radius 2 is 2.00 bits per heavy atom. The van der Waals surface area contributed by atoms with Crippen molar-refractivity contribution in [2.24, 2.45) is 0 Å². The van der Waals surface area contributed by atoms with Crippen LogP contribution in [0.25, 0.3) is 10.2 Å². The molecule has 0 spiro atoms. The molecule has 2 aromatic rings. The molecular formula is C9H6F3NSSe. The van der Waals surface area contributed by atoms with Gasteiger partial charge in [-0.3, -0.25) is 0 Å². The van der Waals surface area contributed by atoms with Crippen LogP contribution in [-0.4, -0.2) is 26.1 Å².